The lowest BCUT2D eigenvalue weighted by atomic mass is 10.2. The predicted octanol–water partition coefficient (Wildman–Crippen LogP) is 1.23. The number of benzene rings is 2. The molecule has 0 bridgehead atoms. The zero-order valence-electron chi connectivity index (χ0n) is 15.7. The number of aromatic nitrogens is 4. The number of carbonyl (C=O) groups is 2. The van der Waals surface area contributed by atoms with E-state index in [1.807, 2.05) is 12.1 Å². The predicted molar refractivity (Wildman–Crippen MR) is 105 cm³/mol. The van der Waals surface area contributed by atoms with Crippen LogP contribution in [0.3, 0.4) is 0 Å². The molecule has 11 heteroatoms. The molecule has 3 rings (SSSR count). The topological polar surface area (TPSA) is 120 Å². The first-order valence-corrected chi connectivity index (χ1v) is 9.38. The second kappa shape index (κ2) is 9.55. The van der Waals surface area contributed by atoms with Crippen LogP contribution in [-0.4, -0.2) is 52.0 Å². The Morgan fingerprint density at radius 3 is 2.52 bits per heavy atom. The largest absolute Gasteiger partial charge is 0.497 e. The molecule has 2 N–H and O–H groups in total. The number of nitrogens with one attached hydrogen (secondary N) is 2. The Morgan fingerprint density at radius 2 is 1.79 bits per heavy atom. The lowest BCUT2D eigenvalue weighted by Gasteiger charge is -2.09. The summed E-state index contributed by atoms with van der Waals surface area (Å²) < 4.78 is 11.8. The number of para-hydroxylation sites is 2. The van der Waals surface area contributed by atoms with E-state index in [9.17, 15) is 9.59 Å². The molecule has 10 nitrogen and oxygen atoms in total. The normalized spacial score (nSPS) is 10.3. The van der Waals surface area contributed by atoms with Crippen molar-refractivity contribution < 1.29 is 19.1 Å². The van der Waals surface area contributed by atoms with Gasteiger partial charge in [0, 0.05) is 5.56 Å². The maximum atomic E-state index is 12.1. The third-order valence-corrected chi connectivity index (χ3v) is 4.67. The van der Waals surface area contributed by atoms with Gasteiger partial charge in [-0.15, -0.1) is 5.10 Å². The second-order valence-corrected chi connectivity index (χ2v) is 6.51. The number of carbonyl (C=O) groups excluding carboxylic acids is 2. The number of hydrogen-bond donors (Lipinski definition) is 2. The summed E-state index contributed by atoms with van der Waals surface area (Å²) >= 11 is 1.12. The number of tetrazole rings is 1. The van der Waals surface area contributed by atoms with Gasteiger partial charge in [0.15, 0.2) is 0 Å². The summed E-state index contributed by atoms with van der Waals surface area (Å²) in [5.74, 6) is 0.377. The van der Waals surface area contributed by atoms with E-state index in [4.69, 9.17) is 9.47 Å². The highest BCUT2D eigenvalue weighted by atomic mass is 32.2. The minimum Gasteiger partial charge on any atom is -0.497 e. The molecule has 1 heterocycles. The van der Waals surface area contributed by atoms with Gasteiger partial charge in [0.1, 0.15) is 17.2 Å². The highest BCUT2D eigenvalue weighted by Gasteiger charge is 2.15. The molecule has 0 atom stereocenters. The van der Waals surface area contributed by atoms with Crippen LogP contribution in [0.5, 0.6) is 11.5 Å². The zero-order valence-corrected chi connectivity index (χ0v) is 16.5. The van der Waals surface area contributed by atoms with E-state index < -0.39 is 11.8 Å². The van der Waals surface area contributed by atoms with Crippen LogP contribution in [0.15, 0.2) is 53.7 Å². The zero-order chi connectivity index (χ0) is 20.6. The van der Waals surface area contributed by atoms with Crippen molar-refractivity contribution >= 4 is 23.6 Å². The van der Waals surface area contributed by atoms with Crippen molar-refractivity contribution in [2.45, 2.75) is 5.16 Å². The van der Waals surface area contributed by atoms with Gasteiger partial charge in [0.05, 0.1) is 20.0 Å². The van der Waals surface area contributed by atoms with E-state index in [1.165, 1.54) is 11.8 Å². The van der Waals surface area contributed by atoms with Crippen LogP contribution >= 0.6 is 11.8 Å². The number of methoxy groups -OCH3 is 2. The van der Waals surface area contributed by atoms with Gasteiger partial charge in [0.25, 0.3) is 5.91 Å². The van der Waals surface area contributed by atoms with Crippen LogP contribution < -0.4 is 20.3 Å². The first-order chi connectivity index (χ1) is 14.1. The molecule has 1 aromatic heterocycles. The standard InChI is InChI=1S/C18H18N6O4S/c1-27-13-9-7-12(8-10-13)17(26)20-19-16(25)11-29-18-21-22-23-24(18)14-5-3-4-6-15(14)28-2/h3-10H,11H2,1-2H3,(H,19,25)(H,20,26). The Balaban J connectivity index is 1.55. The average molecular weight is 414 g/mol. The Kier molecular flexibility index (Phi) is 6.63. The van der Waals surface area contributed by atoms with Gasteiger partial charge in [-0.25, -0.2) is 0 Å². The van der Waals surface area contributed by atoms with Gasteiger partial charge >= 0.3 is 0 Å². The van der Waals surface area contributed by atoms with E-state index >= 15 is 0 Å². The van der Waals surface area contributed by atoms with Crippen LogP contribution in [0.4, 0.5) is 0 Å². The van der Waals surface area contributed by atoms with Gasteiger partial charge in [0.2, 0.25) is 11.1 Å². The molecule has 29 heavy (non-hydrogen) atoms. The molecule has 0 saturated carbocycles. The van der Waals surface area contributed by atoms with Crippen molar-refractivity contribution in [2.75, 3.05) is 20.0 Å². The van der Waals surface area contributed by atoms with E-state index in [2.05, 4.69) is 26.4 Å². The Labute approximate surface area is 170 Å². The van der Waals surface area contributed by atoms with Gasteiger partial charge in [-0.1, -0.05) is 23.9 Å². The third kappa shape index (κ3) is 5.02. The van der Waals surface area contributed by atoms with E-state index in [-0.39, 0.29) is 5.75 Å². The molecule has 0 unspecified atom stereocenters. The molecular weight excluding hydrogens is 396 g/mol. The van der Waals surface area contributed by atoms with Crippen molar-refractivity contribution in [3.05, 3.63) is 54.1 Å². The van der Waals surface area contributed by atoms with Crippen molar-refractivity contribution in [1.29, 1.82) is 0 Å². The fourth-order valence-corrected chi connectivity index (χ4v) is 3.02. The third-order valence-electron chi connectivity index (χ3n) is 3.75. The number of thioether (sulfide) groups is 1. The molecule has 0 radical (unpaired) electrons. The van der Waals surface area contributed by atoms with Crippen molar-refractivity contribution in [2.24, 2.45) is 0 Å². The SMILES string of the molecule is COc1ccc(C(=O)NNC(=O)CSc2nnnn2-c2ccccc2OC)cc1. The molecular formula is C18H18N6O4S. The minimum absolute atomic E-state index is 0.00157. The van der Waals surface area contributed by atoms with Gasteiger partial charge in [-0.05, 0) is 46.8 Å². The fourth-order valence-electron chi connectivity index (χ4n) is 2.33. The maximum Gasteiger partial charge on any atom is 0.269 e. The number of hydrazine groups is 1. The first kappa shape index (κ1) is 20.1. The quantitative estimate of drug-likeness (QED) is 0.438. The molecule has 0 spiro atoms. The molecule has 0 aliphatic carbocycles. The van der Waals surface area contributed by atoms with Crippen LogP contribution in [0, 0.1) is 0 Å². The number of hydrogen-bond acceptors (Lipinski definition) is 8. The number of ether oxygens (including phenoxy) is 2. The lowest BCUT2D eigenvalue weighted by Crippen LogP contribution is -2.42. The Bertz CT molecular complexity index is 992. The molecule has 0 fully saturated rings. The van der Waals surface area contributed by atoms with Crippen molar-refractivity contribution in [1.82, 2.24) is 31.1 Å². The summed E-state index contributed by atoms with van der Waals surface area (Å²) in [5.41, 5.74) is 5.76. The van der Waals surface area contributed by atoms with Crippen LogP contribution in [0.2, 0.25) is 0 Å². The van der Waals surface area contributed by atoms with Crippen LogP contribution in [0.1, 0.15) is 10.4 Å². The second-order valence-electron chi connectivity index (χ2n) is 5.56. The number of amides is 2. The number of nitrogens with zero attached hydrogens (tertiary/aromatic N) is 4. The van der Waals surface area contributed by atoms with Gasteiger partial charge in [-0.3, -0.25) is 20.4 Å². The summed E-state index contributed by atoms with van der Waals surface area (Å²) in [6, 6.07) is 13.7. The van der Waals surface area contributed by atoms with E-state index in [0.717, 1.165) is 11.8 Å². The summed E-state index contributed by atoms with van der Waals surface area (Å²) in [6.45, 7) is 0. The summed E-state index contributed by atoms with van der Waals surface area (Å²) in [7, 11) is 3.09. The highest BCUT2D eigenvalue weighted by Crippen LogP contribution is 2.25. The highest BCUT2D eigenvalue weighted by molar-refractivity contribution is 7.99. The maximum absolute atomic E-state index is 12.1. The lowest BCUT2D eigenvalue weighted by molar-refractivity contribution is -0.119. The number of rotatable bonds is 7. The Hall–Kier alpha value is -3.60. The van der Waals surface area contributed by atoms with Crippen LogP contribution in [-0.2, 0) is 4.79 Å². The molecule has 0 aliphatic heterocycles. The smallest absolute Gasteiger partial charge is 0.269 e. The molecule has 3 aromatic rings. The average Bonchev–Trinajstić information content (AvgIpc) is 3.24. The summed E-state index contributed by atoms with van der Waals surface area (Å²) in [4.78, 5) is 24.1. The molecule has 2 amide bonds. The molecule has 0 saturated heterocycles. The van der Waals surface area contributed by atoms with E-state index in [0.29, 0.717) is 27.9 Å². The van der Waals surface area contributed by atoms with E-state index in [1.54, 1.807) is 43.5 Å². The van der Waals surface area contributed by atoms with Crippen molar-refractivity contribution in [3.63, 3.8) is 0 Å². The first-order valence-electron chi connectivity index (χ1n) is 8.40. The molecule has 0 aliphatic rings. The van der Waals surface area contributed by atoms with Gasteiger partial charge in [-0.2, -0.15) is 4.68 Å². The van der Waals surface area contributed by atoms with Gasteiger partial charge < -0.3 is 9.47 Å². The molecule has 2 aromatic carbocycles. The summed E-state index contributed by atoms with van der Waals surface area (Å²) in [6.07, 6.45) is 0. The Morgan fingerprint density at radius 1 is 1.03 bits per heavy atom. The summed E-state index contributed by atoms with van der Waals surface area (Å²) in [5, 5.41) is 11.9. The van der Waals surface area contributed by atoms with Crippen molar-refractivity contribution in [3.8, 4) is 17.2 Å². The van der Waals surface area contributed by atoms with Crippen LogP contribution in [0.25, 0.3) is 5.69 Å². The minimum atomic E-state index is -0.440. The molecule has 150 valence electrons. The monoisotopic (exact) mass is 414 g/mol. The fraction of sp³-hybridized carbons (Fsp3) is 0.167.